The third kappa shape index (κ3) is 4.67. The molecule has 23 heavy (non-hydrogen) atoms. The van der Waals surface area contributed by atoms with Gasteiger partial charge in [-0.25, -0.2) is 4.39 Å². The van der Waals surface area contributed by atoms with Gasteiger partial charge in [-0.2, -0.15) is 15.0 Å². The number of nitrogens with two attached hydrogens (primary N) is 2. The number of carbonyl (C=O) groups is 1. The standard InChI is InChI=1S/C13H14ClFN6OS/c1-21(5-7-8(14)3-2-4-9(7)15)10(22)6-23-13-19-11(16)18-12(17)20-13/h2-4H,5-6H2,1H3,(H4,16,17,18,19,20). The van der Waals surface area contributed by atoms with E-state index in [0.29, 0.717) is 0 Å². The van der Waals surface area contributed by atoms with Gasteiger partial charge in [0, 0.05) is 24.2 Å². The van der Waals surface area contributed by atoms with Gasteiger partial charge < -0.3 is 16.4 Å². The smallest absolute Gasteiger partial charge is 0.233 e. The first-order valence-corrected chi connectivity index (χ1v) is 7.80. The maximum Gasteiger partial charge on any atom is 0.233 e. The zero-order valence-corrected chi connectivity index (χ0v) is 13.7. The number of hydrogen-bond donors (Lipinski definition) is 2. The van der Waals surface area contributed by atoms with Crippen LogP contribution in [0.5, 0.6) is 0 Å². The van der Waals surface area contributed by atoms with Crippen molar-refractivity contribution < 1.29 is 9.18 Å². The van der Waals surface area contributed by atoms with Crippen LogP contribution < -0.4 is 11.5 Å². The molecule has 1 heterocycles. The van der Waals surface area contributed by atoms with E-state index in [-0.39, 0.29) is 45.8 Å². The summed E-state index contributed by atoms with van der Waals surface area (Å²) in [6.45, 7) is 0.0619. The molecule has 0 aliphatic rings. The van der Waals surface area contributed by atoms with Crippen molar-refractivity contribution in [2.24, 2.45) is 0 Å². The van der Waals surface area contributed by atoms with Gasteiger partial charge in [-0.3, -0.25) is 4.79 Å². The van der Waals surface area contributed by atoms with E-state index in [2.05, 4.69) is 15.0 Å². The molecule has 4 N–H and O–H groups in total. The van der Waals surface area contributed by atoms with E-state index < -0.39 is 5.82 Å². The molecule has 1 amide bonds. The third-order valence-electron chi connectivity index (χ3n) is 2.86. The molecule has 0 saturated heterocycles. The molecule has 0 atom stereocenters. The van der Waals surface area contributed by atoms with Crippen LogP contribution in [0.1, 0.15) is 5.56 Å². The van der Waals surface area contributed by atoms with Crippen molar-refractivity contribution in [3.63, 3.8) is 0 Å². The molecule has 0 fully saturated rings. The summed E-state index contributed by atoms with van der Waals surface area (Å²) in [6, 6.07) is 4.38. The molecule has 0 aliphatic heterocycles. The number of aromatic nitrogens is 3. The predicted molar refractivity (Wildman–Crippen MR) is 87.3 cm³/mol. The molecular weight excluding hydrogens is 343 g/mol. The predicted octanol–water partition coefficient (Wildman–Crippen LogP) is 1.58. The second-order valence-corrected chi connectivity index (χ2v) is 5.92. The van der Waals surface area contributed by atoms with Crippen LogP contribution in [-0.4, -0.2) is 38.6 Å². The second-order valence-electron chi connectivity index (χ2n) is 4.57. The Morgan fingerprint density at radius 1 is 1.30 bits per heavy atom. The SMILES string of the molecule is CN(Cc1c(F)cccc1Cl)C(=O)CSc1nc(N)nc(N)n1. The van der Waals surface area contributed by atoms with Gasteiger partial charge in [0.15, 0.2) is 5.16 Å². The molecule has 1 aromatic carbocycles. The second kappa shape index (κ2) is 7.42. The number of benzene rings is 1. The van der Waals surface area contributed by atoms with E-state index in [9.17, 15) is 9.18 Å². The van der Waals surface area contributed by atoms with Crippen molar-refractivity contribution in [2.75, 3.05) is 24.3 Å². The fraction of sp³-hybridized carbons (Fsp3) is 0.231. The number of amides is 1. The summed E-state index contributed by atoms with van der Waals surface area (Å²) in [5.41, 5.74) is 11.2. The molecule has 0 bridgehead atoms. The third-order valence-corrected chi connectivity index (χ3v) is 4.04. The van der Waals surface area contributed by atoms with Gasteiger partial charge in [0.2, 0.25) is 17.8 Å². The number of halogens is 2. The fourth-order valence-electron chi connectivity index (χ4n) is 1.70. The first-order chi connectivity index (χ1) is 10.9. The molecule has 0 spiro atoms. The normalized spacial score (nSPS) is 10.6. The number of nitrogens with zero attached hydrogens (tertiary/aromatic N) is 4. The number of nitrogen functional groups attached to an aromatic ring is 2. The van der Waals surface area contributed by atoms with Gasteiger partial charge in [-0.05, 0) is 12.1 Å². The van der Waals surface area contributed by atoms with Crippen molar-refractivity contribution in [3.8, 4) is 0 Å². The van der Waals surface area contributed by atoms with Crippen molar-refractivity contribution in [2.45, 2.75) is 11.7 Å². The van der Waals surface area contributed by atoms with E-state index in [1.807, 2.05) is 0 Å². The average molecular weight is 357 g/mol. The molecule has 7 nitrogen and oxygen atoms in total. The molecular formula is C13H14ClFN6OS. The van der Waals surface area contributed by atoms with Gasteiger partial charge in [0.1, 0.15) is 5.82 Å². The zero-order valence-electron chi connectivity index (χ0n) is 12.2. The van der Waals surface area contributed by atoms with Crippen LogP contribution in [0.2, 0.25) is 5.02 Å². The van der Waals surface area contributed by atoms with E-state index in [4.69, 9.17) is 23.1 Å². The van der Waals surface area contributed by atoms with Gasteiger partial charge in [-0.1, -0.05) is 29.4 Å². The average Bonchev–Trinajstić information content (AvgIpc) is 2.47. The maximum atomic E-state index is 13.7. The number of anilines is 2. The molecule has 10 heteroatoms. The highest BCUT2D eigenvalue weighted by Gasteiger charge is 2.15. The molecule has 122 valence electrons. The quantitative estimate of drug-likeness (QED) is 0.782. The molecule has 0 radical (unpaired) electrons. The van der Waals surface area contributed by atoms with E-state index in [1.165, 1.54) is 17.0 Å². The topological polar surface area (TPSA) is 111 Å². The fourth-order valence-corrected chi connectivity index (χ4v) is 2.71. The Kier molecular flexibility index (Phi) is 5.56. The van der Waals surface area contributed by atoms with E-state index in [0.717, 1.165) is 11.8 Å². The number of thioether (sulfide) groups is 1. The van der Waals surface area contributed by atoms with Crippen LogP contribution in [0.4, 0.5) is 16.3 Å². The Morgan fingerprint density at radius 3 is 2.57 bits per heavy atom. The minimum absolute atomic E-state index is 0.0149. The lowest BCUT2D eigenvalue weighted by Gasteiger charge is -2.18. The van der Waals surface area contributed by atoms with Crippen molar-refractivity contribution in [1.82, 2.24) is 19.9 Å². The maximum absolute atomic E-state index is 13.7. The van der Waals surface area contributed by atoms with Crippen LogP contribution in [0, 0.1) is 5.82 Å². The highest BCUT2D eigenvalue weighted by atomic mass is 35.5. The summed E-state index contributed by atoms with van der Waals surface area (Å²) >= 11 is 7.01. The van der Waals surface area contributed by atoms with Gasteiger partial charge in [-0.15, -0.1) is 0 Å². The first-order valence-electron chi connectivity index (χ1n) is 6.43. The molecule has 0 saturated carbocycles. The Balaban J connectivity index is 1.97. The highest BCUT2D eigenvalue weighted by molar-refractivity contribution is 7.99. The number of carbonyl (C=O) groups excluding carboxylic acids is 1. The Labute approximate surface area is 141 Å². The lowest BCUT2D eigenvalue weighted by molar-refractivity contribution is -0.127. The lowest BCUT2D eigenvalue weighted by Crippen LogP contribution is -2.28. The number of hydrogen-bond acceptors (Lipinski definition) is 7. The molecule has 0 unspecified atom stereocenters. The van der Waals surface area contributed by atoms with Gasteiger partial charge >= 0.3 is 0 Å². The largest absolute Gasteiger partial charge is 0.368 e. The molecule has 2 rings (SSSR count). The summed E-state index contributed by atoms with van der Waals surface area (Å²) in [4.78, 5) is 24.9. The first kappa shape index (κ1) is 17.2. The summed E-state index contributed by atoms with van der Waals surface area (Å²) in [5, 5.41) is 0.524. The summed E-state index contributed by atoms with van der Waals surface area (Å²) < 4.78 is 13.7. The Morgan fingerprint density at radius 2 is 1.96 bits per heavy atom. The van der Waals surface area contributed by atoms with Gasteiger partial charge in [0.25, 0.3) is 0 Å². The van der Waals surface area contributed by atoms with E-state index >= 15 is 0 Å². The van der Waals surface area contributed by atoms with Crippen molar-refractivity contribution in [1.29, 1.82) is 0 Å². The molecule has 1 aromatic heterocycles. The van der Waals surface area contributed by atoms with Crippen LogP contribution in [0.3, 0.4) is 0 Å². The van der Waals surface area contributed by atoms with Crippen LogP contribution >= 0.6 is 23.4 Å². The highest BCUT2D eigenvalue weighted by Crippen LogP contribution is 2.21. The summed E-state index contributed by atoms with van der Waals surface area (Å²) in [5.74, 6) is -0.682. The monoisotopic (exact) mass is 356 g/mol. The van der Waals surface area contributed by atoms with Crippen LogP contribution in [0.25, 0.3) is 0 Å². The van der Waals surface area contributed by atoms with E-state index in [1.54, 1.807) is 13.1 Å². The van der Waals surface area contributed by atoms with Crippen molar-refractivity contribution >= 4 is 41.2 Å². The zero-order chi connectivity index (χ0) is 17.0. The molecule has 2 aromatic rings. The van der Waals surface area contributed by atoms with Crippen LogP contribution in [0.15, 0.2) is 23.4 Å². The summed E-state index contributed by atoms with van der Waals surface area (Å²) in [7, 11) is 1.56. The summed E-state index contributed by atoms with van der Waals surface area (Å²) in [6.07, 6.45) is 0. The lowest BCUT2D eigenvalue weighted by atomic mass is 10.2. The Hall–Kier alpha value is -2.13. The molecule has 0 aliphatic carbocycles. The minimum Gasteiger partial charge on any atom is -0.368 e. The number of rotatable bonds is 5. The van der Waals surface area contributed by atoms with Gasteiger partial charge in [0.05, 0.1) is 5.75 Å². The Bertz CT molecular complexity index is 691. The van der Waals surface area contributed by atoms with Crippen LogP contribution in [-0.2, 0) is 11.3 Å². The minimum atomic E-state index is -0.456. The van der Waals surface area contributed by atoms with Crippen molar-refractivity contribution in [3.05, 3.63) is 34.6 Å².